The molecular weight excluding hydrogens is 376 g/mol. The van der Waals surface area contributed by atoms with Crippen LogP contribution in [0, 0.1) is 12.8 Å². The van der Waals surface area contributed by atoms with Crippen LogP contribution in [0.3, 0.4) is 0 Å². The second-order valence-corrected chi connectivity index (χ2v) is 8.50. The highest BCUT2D eigenvalue weighted by Crippen LogP contribution is 2.24. The molecule has 0 aliphatic rings. The van der Waals surface area contributed by atoms with Crippen LogP contribution in [-0.2, 0) is 9.59 Å². The number of anilines is 1. The van der Waals surface area contributed by atoms with Crippen LogP contribution < -0.4 is 10.6 Å². The fraction of sp³-hybridized carbons (Fsp3) is 0.458. The number of rotatable bonds is 9. The molecular formula is C24H34N4O2. The number of amides is 2. The van der Waals surface area contributed by atoms with Crippen LogP contribution in [0.5, 0.6) is 0 Å². The Bertz CT molecular complexity index is 847. The fourth-order valence-electron chi connectivity index (χ4n) is 3.28. The van der Waals surface area contributed by atoms with Crippen molar-refractivity contribution in [3.63, 3.8) is 0 Å². The van der Waals surface area contributed by atoms with Crippen molar-refractivity contribution in [2.24, 2.45) is 5.92 Å². The Balaban J connectivity index is 1.90. The Kier molecular flexibility index (Phi) is 8.54. The summed E-state index contributed by atoms with van der Waals surface area (Å²) in [6.45, 7) is 10.6. The summed E-state index contributed by atoms with van der Waals surface area (Å²) in [5.41, 5.74) is 3.21. The molecule has 1 heterocycles. The van der Waals surface area contributed by atoms with E-state index >= 15 is 0 Å². The lowest BCUT2D eigenvalue weighted by atomic mass is 9.93. The third kappa shape index (κ3) is 7.26. The number of aryl methyl sites for hydroxylation is 1. The number of hydrogen-bond acceptors (Lipinski definition) is 4. The van der Waals surface area contributed by atoms with Gasteiger partial charge in [-0.1, -0.05) is 58.0 Å². The Hall–Kier alpha value is -2.73. The van der Waals surface area contributed by atoms with E-state index in [1.807, 2.05) is 19.1 Å². The van der Waals surface area contributed by atoms with Crippen LogP contribution in [0.4, 0.5) is 5.82 Å². The number of carbonyl (C=O) groups is 2. The first kappa shape index (κ1) is 23.5. The number of nitrogens with zero attached hydrogens (tertiary/aromatic N) is 2. The van der Waals surface area contributed by atoms with Gasteiger partial charge >= 0.3 is 0 Å². The first-order valence-electron chi connectivity index (χ1n) is 10.5. The van der Waals surface area contributed by atoms with E-state index < -0.39 is 0 Å². The molecule has 6 heteroatoms. The molecule has 0 bridgehead atoms. The van der Waals surface area contributed by atoms with Crippen molar-refractivity contribution in [2.45, 2.75) is 46.6 Å². The number of aromatic nitrogens is 1. The lowest BCUT2D eigenvalue weighted by Gasteiger charge is -2.25. The number of hydrogen-bond donors (Lipinski definition) is 2. The van der Waals surface area contributed by atoms with Gasteiger partial charge < -0.3 is 10.6 Å². The molecule has 30 heavy (non-hydrogen) atoms. The molecule has 1 aromatic heterocycles. The largest absolute Gasteiger partial charge is 0.348 e. The van der Waals surface area contributed by atoms with E-state index in [9.17, 15) is 9.59 Å². The first-order valence-corrected chi connectivity index (χ1v) is 10.5. The van der Waals surface area contributed by atoms with Gasteiger partial charge in [0.1, 0.15) is 5.82 Å². The van der Waals surface area contributed by atoms with Gasteiger partial charge in [-0.25, -0.2) is 4.98 Å². The van der Waals surface area contributed by atoms with E-state index in [1.54, 1.807) is 18.0 Å². The van der Waals surface area contributed by atoms with E-state index in [0.29, 0.717) is 11.7 Å². The van der Waals surface area contributed by atoms with E-state index in [1.165, 1.54) is 5.56 Å². The van der Waals surface area contributed by atoms with Gasteiger partial charge in [-0.15, -0.1) is 0 Å². The van der Waals surface area contributed by atoms with Gasteiger partial charge in [0.2, 0.25) is 11.8 Å². The SMILES string of the molecule is Cc1cccc(NC(=O)CN(C)CC(=O)NC(c2ccc(C(C)C)cc2)C(C)C)n1. The lowest BCUT2D eigenvalue weighted by Crippen LogP contribution is -2.41. The molecule has 0 fully saturated rings. The van der Waals surface area contributed by atoms with Crippen LogP contribution in [-0.4, -0.2) is 41.8 Å². The van der Waals surface area contributed by atoms with Gasteiger partial charge in [0.15, 0.2) is 0 Å². The van der Waals surface area contributed by atoms with Crippen molar-refractivity contribution < 1.29 is 9.59 Å². The Labute approximate surface area is 180 Å². The number of pyridine rings is 1. The highest BCUT2D eigenvalue weighted by Gasteiger charge is 2.20. The molecule has 2 aromatic rings. The minimum absolute atomic E-state index is 0.0718. The number of benzene rings is 1. The minimum atomic E-state index is -0.201. The van der Waals surface area contributed by atoms with Crippen LogP contribution in [0.25, 0.3) is 0 Å². The molecule has 2 rings (SSSR count). The Morgan fingerprint density at radius 1 is 0.933 bits per heavy atom. The van der Waals surface area contributed by atoms with Crippen LogP contribution in [0.2, 0.25) is 0 Å². The van der Waals surface area contributed by atoms with Gasteiger partial charge in [-0.3, -0.25) is 14.5 Å². The normalized spacial score (nSPS) is 12.3. The number of likely N-dealkylation sites (N-methyl/N-ethyl adjacent to an activating group) is 1. The third-order valence-electron chi connectivity index (χ3n) is 4.93. The zero-order valence-corrected chi connectivity index (χ0v) is 18.9. The van der Waals surface area contributed by atoms with Crippen molar-refractivity contribution in [3.8, 4) is 0 Å². The summed E-state index contributed by atoms with van der Waals surface area (Å²) in [5, 5.41) is 5.88. The highest BCUT2D eigenvalue weighted by atomic mass is 16.2. The molecule has 2 amide bonds. The summed E-state index contributed by atoms with van der Waals surface area (Å²) in [7, 11) is 1.75. The minimum Gasteiger partial charge on any atom is -0.348 e. The Morgan fingerprint density at radius 2 is 1.53 bits per heavy atom. The molecule has 0 saturated carbocycles. The summed E-state index contributed by atoms with van der Waals surface area (Å²) in [5.74, 6) is 0.932. The standard InChI is InChI=1S/C24H34N4O2/c1-16(2)19-10-12-20(13-11-19)24(17(3)4)27-23(30)15-28(6)14-22(29)26-21-9-7-8-18(5)25-21/h7-13,16-17,24H,14-15H2,1-6H3,(H,27,30)(H,25,26,29). The van der Waals surface area contributed by atoms with Crippen molar-refractivity contribution >= 4 is 17.6 Å². The van der Waals surface area contributed by atoms with Gasteiger partial charge in [0, 0.05) is 5.69 Å². The van der Waals surface area contributed by atoms with Crippen LogP contribution in [0.15, 0.2) is 42.5 Å². The summed E-state index contributed by atoms with van der Waals surface area (Å²) >= 11 is 0. The second kappa shape index (κ2) is 10.9. The zero-order valence-electron chi connectivity index (χ0n) is 18.9. The molecule has 1 unspecified atom stereocenters. The first-order chi connectivity index (χ1) is 14.2. The third-order valence-corrected chi connectivity index (χ3v) is 4.93. The maximum absolute atomic E-state index is 12.6. The molecule has 0 aliphatic heterocycles. The number of carbonyl (C=O) groups excluding carboxylic acids is 2. The van der Waals surface area contributed by atoms with Crippen molar-refractivity contribution in [1.29, 1.82) is 0 Å². The molecule has 2 N–H and O–H groups in total. The van der Waals surface area contributed by atoms with Gasteiger partial charge in [0.05, 0.1) is 19.1 Å². The molecule has 1 aromatic carbocycles. The number of nitrogens with one attached hydrogen (secondary N) is 2. The maximum atomic E-state index is 12.6. The summed E-state index contributed by atoms with van der Waals surface area (Å²) in [4.78, 5) is 30.8. The van der Waals surface area contributed by atoms with Crippen LogP contribution in [0.1, 0.15) is 56.5 Å². The van der Waals surface area contributed by atoms with Crippen molar-refractivity contribution in [2.75, 3.05) is 25.5 Å². The quantitative estimate of drug-likeness (QED) is 0.658. The topological polar surface area (TPSA) is 74.3 Å². The predicted octanol–water partition coefficient (Wildman–Crippen LogP) is 3.90. The maximum Gasteiger partial charge on any atom is 0.239 e. The van der Waals surface area contributed by atoms with Crippen molar-refractivity contribution in [1.82, 2.24) is 15.2 Å². The average Bonchev–Trinajstić information content (AvgIpc) is 2.65. The summed E-state index contributed by atoms with van der Waals surface area (Å²) in [6, 6.07) is 13.8. The predicted molar refractivity (Wildman–Crippen MR) is 121 cm³/mol. The van der Waals surface area contributed by atoms with Gasteiger partial charge in [-0.05, 0) is 49.1 Å². The molecule has 0 aliphatic carbocycles. The molecule has 0 spiro atoms. The zero-order chi connectivity index (χ0) is 22.3. The van der Waals surface area contributed by atoms with E-state index in [0.717, 1.165) is 11.3 Å². The molecule has 6 nitrogen and oxygen atoms in total. The van der Waals surface area contributed by atoms with E-state index in [-0.39, 0.29) is 36.9 Å². The average molecular weight is 411 g/mol. The lowest BCUT2D eigenvalue weighted by molar-refractivity contribution is -0.123. The molecule has 162 valence electrons. The molecule has 0 radical (unpaired) electrons. The van der Waals surface area contributed by atoms with E-state index in [4.69, 9.17) is 0 Å². The van der Waals surface area contributed by atoms with E-state index in [2.05, 4.69) is 67.6 Å². The smallest absolute Gasteiger partial charge is 0.239 e. The second-order valence-electron chi connectivity index (χ2n) is 8.50. The molecule has 1 atom stereocenters. The van der Waals surface area contributed by atoms with Crippen molar-refractivity contribution in [3.05, 3.63) is 59.3 Å². The highest BCUT2D eigenvalue weighted by molar-refractivity contribution is 5.91. The summed E-state index contributed by atoms with van der Waals surface area (Å²) < 4.78 is 0. The monoisotopic (exact) mass is 410 g/mol. The summed E-state index contributed by atoms with van der Waals surface area (Å²) in [6.07, 6.45) is 0. The fourth-order valence-corrected chi connectivity index (χ4v) is 3.28. The molecule has 0 saturated heterocycles. The van der Waals surface area contributed by atoms with Gasteiger partial charge in [-0.2, -0.15) is 0 Å². The Morgan fingerprint density at radius 3 is 2.10 bits per heavy atom. The van der Waals surface area contributed by atoms with Gasteiger partial charge in [0.25, 0.3) is 0 Å². The van der Waals surface area contributed by atoms with Crippen LogP contribution >= 0.6 is 0 Å².